The van der Waals surface area contributed by atoms with Crippen molar-refractivity contribution >= 4 is 0 Å². The Hall–Kier alpha value is -1.38. The highest BCUT2D eigenvalue weighted by Gasteiger charge is 2.09. The lowest BCUT2D eigenvalue weighted by atomic mass is 10.3. The van der Waals surface area contributed by atoms with Crippen LogP contribution in [0.2, 0.25) is 0 Å². The van der Waals surface area contributed by atoms with Crippen LogP contribution in [0.15, 0.2) is 18.2 Å². The molecule has 86 valence electrons. The van der Waals surface area contributed by atoms with E-state index in [0.717, 1.165) is 0 Å². The van der Waals surface area contributed by atoms with Crippen molar-refractivity contribution in [3.8, 4) is 17.2 Å². The highest BCUT2D eigenvalue weighted by atomic mass is 16.5. The summed E-state index contributed by atoms with van der Waals surface area (Å²) in [6.45, 7) is 6.52. The molecule has 0 radical (unpaired) electrons. The highest BCUT2D eigenvalue weighted by molar-refractivity contribution is 5.50. The van der Waals surface area contributed by atoms with E-state index in [0.29, 0.717) is 23.9 Å². The second kappa shape index (κ2) is 7.97. The minimum Gasteiger partial charge on any atom is -0.493 e. The molecule has 0 N–H and O–H groups in total. The molecular formula is C12H20O3. The molecule has 0 spiro atoms. The molecule has 0 bridgehead atoms. The summed E-state index contributed by atoms with van der Waals surface area (Å²) in [5, 5.41) is 0. The number of methoxy groups -OCH3 is 2. The molecule has 0 aliphatic carbocycles. The van der Waals surface area contributed by atoms with Gasteiger partial charge in [-0.05, 0) is 19.1 Å². The Labute approximate surface area is 92.0 Å². The molecule has 0 unspecified atom stereocenters. The van der Waals surface area contributed by atoms with E-state index in [1.54, 1.807) is 14.2 Å². The van der Waals surface area contributed by atoms with Crippen LogP contribution in [0.4, 0.5) is 0 Å². The Morgan fingerprint density at radius 3 is 1.80 bits per heavy atom. The van der Waals surface area contributed by atoms with E-state index in [9.17, 15) is 0 Å². The molecule has 0 aromatic heterocycles. The first-order chi connectivity index (χ1) is 7.33. The first kappa shape index (κ1) is 13.6. The van der Waals surface area contributed by atoms with Crippen molar-refractivity contribution < 1.29 is 14.2 Å². The molecule has 0 amide bonds. The van der Waals surface area contributed by atoms with Gasteiger partial charge in [-0.1, -0.05) is 19.9 Å². The van der Waals surface area contributed by atoms with Gasteiger partial charge in [0.2, 0.25) is 5.75 Å². The molecule has 0 aliphatic heterocycles. The first-order valence-corrected chi connectivity index (χ1v) is 5.17. The fraction of sp³-hybridized carbons (Fsp3) is 0.500. The van der Waals surface area contributed by atoms with Crippen molar-refractivity contribution in [2.24, 2.45) is 0 Å². The van der Waals surface area contributed by atoms with Gasteiger partial charge >= 0.3 is 0 Å². The van der Waals surface area contributed by atoms with Gasteiger partial charge in [0.05, 0.1) is 20.8 Å². The number of hydrogen-bond donors (Lipinski definition) is 0. The smallest absolute Gasteiger partial charge is 0.203 e. The molecular weight excluding hydrogens is 192 g/mol. The minimum absolute atomic E-state index is 0.594. The molecule has 0 atom stereocenters. The maximum atomic E-state index is 5.40. The van der Waals surface area contributed by atoms with Gasteiger partial charge < -0.3 is 14.2 Å². The van der Waals surface area contributed by atoms with Crippen LogP contribution in [0.1, 0.15) is 20.8 Å². The summed E-state index contributed by atoms with van der Waals surface area (Å²) in [5.74, 6) is 2.05. The monoisotopic (exact) mass is 212 g/mol. The molecule has 15 heavy (non-hydrogen) atoms. The van der Waals surface area contributed by atoms with E-state index >= 15 is 0 Å². The summed E-state index contributed by atoms with van der Waals surface area (Å²) >= 11 is 0. The minimum atomic E-state index is 0.594. The van der Waals surface area contributed by atoms with E-state index in [-0.39, 0.29) is 0 Å². The second-order valence-corrected chi connectivity index (χ2v) is 2.42. The Balaban J connectivity index is 0.000000921. The fourth-order valence-corrected chi connectivity index (χ4v) is 1.10. The summed E-state index contributed by atoms with van der Waals surface area (Å²) in [4.78, 5) is 0. The van der Waals surface area contributed by atoms with Crippen LogP contribution >= 0.6 is 0 Å². The van der Waals surface area contributed by atoms with E-state index in [4.69, 9.17) is 14.2 Å². The van der Waals surface area contributed by atoms with Crippen LogP contribution in [0, 0.1) is 0 Å². The van der Waals surface area contributed by atoms with Crippen LogP contribution in [-0.2, 0) is 0 Å². The predicted octanol–water partition coefficient (Wildman–Crippen LogP) is 3.13. The average molecular weight is 212 g/mol. The van der Waals surface area contributed by atoms with Crippen LogP contribution in [-0.4, -0.2) is 20.8 Å². The molecule has 1 aromatic carbocycles. The third-order valence-corrected chi connectivity index (χ3v) is 1.67. The second-order valence-electron chi connectivity index (χ2n) is 2.42. The van der Waals surface area contributed by atoms with Crippen molar-refractivity contribution in [3.05, 3.63) is 18.2 Å². The summed E-state index contributed by atoms with van der Waals surface area (Å²) in [6.07, 6.45) is 0. The van der Waals surface area contributed by atoms with Gasteiger partial charge in [0, 0.05) is 0 Å². The quantitative estimate of drug-likeness (QED) is 0.767. The topological polar surface area (TPSA) is 27.7 Å². The summed E-state index contributed by atoms with van der Waals surface area (Å²) < 4.78 is 15.7. The number of rotatable bonds is 4. The standard InChI is InChI=1S/C10H14O3.C2H6/c1-4-13-10-8(11-2)6-5-7-9(10)12-3;1-2/h5-7H,4H2,1-3H3;1-2H3. The lowest BCUT2D eigenvalue weighted by Gasteiger charge is -2.12. The van der Waals surface area contributed by atoms with Gasteiger partial charge in [-0.3, -0.25) is 0 Å². The third kappa shape index (κ3) is 3.70. The molecule has 0 aliphatic rings. The van der Waals surface area contributed by atoms with Gasteiger partial charge in [-0.2, -0.15) is 0 Å². The third-order valence-electron chi connectivity index (χ3n) is 1.67. The number of ether oxygens (including phenoxy) is 3. The van der Waals surface area contributed by atoms with Gasteiger partial charge in [-0.15, -0.1) is 0 Å². The molecule has 0 saturated carbocycles. The zero-order valence-electron chi connectivity index (χ0n) is 10.2. The maximum absolute atomic E-state index is 5.40. The van der Waals surface area contributed by atoms with E-state index in [1.165, 1.54) is 0 Å². The maximum Gasteiger partial charge on any atom is 0.203 e. The number of para-hydroxylation sites is 1. The number of benzene rings is 1. The molecule has 0 heterocycles. The van der Waals surface area contributed by atoms with Crippen LogP contribution in [0.3, 0.4) is 0 Å². The Bertz CT molecular complexity index is 249. The molecule has 1 rings (SSSR count). The van der Waals surface area contributed by atoms with Crippen molar-refractivity contribution in [1.82, 2.24) is 0 Å². The Morgan fingerprint density at radius 1 is 1.00 bits per heavy atom. The van der Waals surface area contributed by atoms with E-state index in [1.807, 2.05) is 39.0 Å². The zero-order valence-corrected chi connectivity index (χ0v) is 10.2. The lowest BCUT2D eigenvalue weighted by molar-refractivity contribution is 0.288. The van der Waals surface area contributed by atoms with Crippen molar-refractivity contribution in [3.63, 3.8) is 0 Å². The average Bonchev–Trinajstić information content (AvgIpc) is 2.32. The van der Waals surface area contributed by atoms with E-state index < -0.39 is 0 Å². The lowest BCUT2D eigenvalue weighted by Crippen LogP contribution is -1.97. The normalized spacial score (nSPS) is 8.60. The van der Waals surface area contributed by atoms with Gasteiger partial charge in [0.15, 0.2) is 11.5 Å². The highest BCUT2D eigenvalue weighted by Crippen LogP contribution is 2.36. The molecule has 0 fully saturated rings. The first-order valence-electron chi connectivity index (χ1n) is 5.17. The number of hydrogen-bond acceptors (Lipinski definition) is 3. The summed E-state index contributed by atoms with van der Waals surface area (Å²) in [6, 6.07) is 5.54. The van der Waals surface area contributed by atoms with Gasteiger partial charge in [-0.25, -0.2) is 0 Å². The van der Waals surface area contributed by atoms with Gasteiger partial charge in [0.1, 0.15) is 0 Å². The Kier molecular flexibility index (Phi) is 7.24. The van der Waals surface area contributed by atoms with Crippen molar-refractivity contribution in [1.29, 1.82) is 0 Å². The molecule has 3 heteroatoms. The fourth-order valence-electron chi connectivity index (χ4n) is 1.10. The SMILES string of the molecule is CC.CCOc1c(OC)cccc1OC. The molecule has 0 saturated heterocycles. The molecule has 1 aromatic rings. The zero-order chi connectivity index (χ0) is 11.7. The summed E-state index contributed by atoms with van der Waals surface area (Å²) in [5.41, 5.74) is 0. The van der Waals surface area contributed by atoms with Crippen molar-refractivity contribution in [2.45, 2.75) is 20.8 Å². The molecule has 3 nitrogen and oxygen atoms in total. The predicted molar refractivity (Wildman–Crippen MR) is 62.1 cm³/mol. The van der Waals surface area contributed by atoms with Gasteiger partial charge in [0.25, 0.3) is 0 Å². The summed E-state index contributed by atoms with van der Waals surface area (Å²) in [7, 11) is 3.22. The largest absolute Gasteiger partial charge is 0.493 e. The van der Waals surface area contributed by atoms with Crippen LogP contribution in [0.5, 0.6) is 17.2 Å². The Morgan fingerprint density at radius 2 is 1.47 bits per heavy atom. The van der Waals surface area contributed by atoms with Crippen LogP contribution in [0.25, 0.3) is 0 Å². The van der Waals surface area contributed by atoms with E-state index in [2.05, 4.69) is 0 Å². The van der Waals surface area contributed by atoms with Crippen LogP contribution < -0.4 is 14.2 Å². The van der Waals surface area contributed by atoms with Crippen molar-refractivity contribution in [2.75, 3.05) is 20.8 Å².